The first-order chi connectivity index (χ1) is 7.86. The van der Waals surface area contributed by atoms with Gasteiger partial charge in [0.15, 0.2) is 6.23 Å². The summed E-state index contributed by atoms with van der Waals surface area (Å²) in [5.41, 5.74) is 0.937. The van der Waals surface area contributed by atoms with Gasteiger partial charge in [-0.3, -0.25) is 0 Å². The molecule has 0 spiro atoms. The van der Waals surface area contributed by atoms with Crippen molar-refractivity contribution in [2.45, 2.75) is 25.5 Å². The zero-order valence-corrected chi connectivity index (χ0v) is 8.97. The van der Waals surface area contributed by atoms with E-state index < -0.39 is 0 Å². The predicted octanol–water partition coefficient (Wildman–Crippen LogP) is 2.44. The molecule has 0 amide bonds. The molecule has 0 aliphatic carbocycles. The summed E-state index contributed by atoms with van der Waals surface area (Å²) < 4.78 is 7.56. The second-order valence-corrected chi connectivity index (χ2v) is 4.12. The summed E-state index contributed by atoms with van der Waals surface area (Å²) in [7, 11) is 0. The molecule has 1 aliphatic rings. The van der Waals surface area contributed by atoms with Crippen LogP contribution in [0.4, 0.5) is 0 Å². The first kappa shape index (κ1) is 9.66. The van der Waals surface area contributed by atoms with E-state index in [0.717, 1.165) is 30.4 Å². The van der Waals surface area contributed by atoms with Gasteiger partial charge in [0, 0.05) is 6.61 Å². The van der Waals surface area contributed by atoms with Crippen LogP contribution in [0.15, 0.2) is 24.4 Å². The molecule has 1 saturated heterocycles. The van der Waals surface area contributed by atoms with E-state index in [9.17, 15) is 5.11 Å². The van der Waals surface area contributed by atoms with Crippen LogP contribution in [0.3, 0.4) is 0 Å². The van der Waals surface area contributed by atoms with E-state index >= 15 is 0 Å². The molecule has 16 heavy (non-hydrogen) atoms. The fraction of sp³-hybridized carbons (Fsp3) is 0.417. The molecule has 1 unspecified atom stereocenters. The average Bonchev–Trinajstić information content (AvgIpc) is 2.75. The van der Waals surface area contributed by atoms with Gasteiger partial charge < -0.3 is 9.84 Å². The Balaban J connectivity index is 2.06. The van der Waals surface area contributed by atoms with Gasteiger partial charge in [0.1, 0.15) is 5.75 Å². The lowest BCUT2D eigenvalue weighted by atomic mass is 10.2. The van der Waals surface area contributed by atoms with Crippen molar-refractivity contribution in [1.82, 2.24) is 9.78 Å². The number of rotatable bonds is 1. The van der Waals surface area contributed by atoms with E-state index in [2.05, 4.69) is 5.10 Å². The van der Waals surface area contributed by atoms with Crippen molar-refractivity contribution in [3.63, 3.8) is 0 Å². The van der Waals surface area contributed by atoms with Crippen LogP contribution in [0.25, 0.3) is 10.9 Å². The lowest BCUT2D eigenvalue weighted by Crippen LogP contribution is -2.18. The number of hydrogen-bond donors (Lipinski definition) is 1. The third kappa shape index (κ3) is 1.46. The minimum Gasteiger partial charge on any atom is -0.507 e. The Morgan fingerprint density at radius 2 is 2.31 bits per heavy atom. The summed E-state index contributed by atoms with van der Waals surface area (Å²) in [5.74, 6) is 0.277. The summed E-state index contributed by atoms with van der Waals surface area (Å²) >= 11 is 0. The molecule has 1 aromatic heterocycles. The normalized spacial score (nSPS) is 21.4. The molecule has 0 radical (unpaired) electrons. The molecular formula is C12H14N2O2. The van der Waals surface area contributed by atoms with E-state index in [-0.39, 0.29) is 12.0 Å². The highest BCUT2D eigenvalue weighted by molar-refractivity contribution is 5.84. The van der Waals surface area contributed by atoms with E-state index in [1.807, 2.05) is 16.8 Å². The van der Waals surface area contributed by atoms with Gasteiger partial charge in [0.25, 0.3) is 0 Å². The molecular weight excluding hydrogens is 204 g/mol. The molecule has 2 aromatic rings. The Hall–Kier alpha value is -1.55. The Labute approximate surface area is 93.4 Å². The largest absolute Gasteiger partial charge is 0.507 e. The Bertz CT molecular complexity index is 501. The number of aromatic hydroxyl groups is 1. The molecule has 4 nitrogen and oxygen atoms in total. The van der Waals surface area contributed by atoms with Crippen molar-refractivity contribution < 1.29 is 9.84 Å². The van der Waals surface area contributed by atoms with Gasteiger partial charge in [0.05, 0.1) is 17.1 Å². The van der Waals surface area contributed by atoms with E-state index in [0.29, 0.717) is 0 Å². The minimum atomic E-state index is 0.0213. The van der Waals surface area contributed by atoms with E-state index in [1.54, 1.807) is 12.3 Å². The van der Waals surface area contributed by atoms with Crippen LogP contribution in [0.2, 0.25) is 0 Å². The highest BCUT2D eigenvalue weighted by Gasteiger charge is 2.18. The van der Waals surface area contributed by atoms with Crippen LogP contribution in [0.1, 0.15) is 25.5 Å². The van der Waals surface area contributed by atoms with Crippen molar-refractivity contribution in [1.29, 1.82) is 0 Å². The Morgan fingerprint density at radius 3 is 3.12 bits per heavy atom. The summed E-state index contributed by atoms with van der Waals surface area (Å²) in [6, 6.07) is 5.47. The molecule has 0 bridgehead atoms. The summed E-state index contributed by atoms with van der Waals surface area (Å²) in [5, 5.41) is 14.8. The monoisotopic (exact) mass is 218 g/mol. The number of hydrogen-bond acceptors (Lipinski definition) is 3. The third-order valence-corrected chi connectivity index (χ3v) is 3.05. The minimum absolute atomic E-state index is 0.0213. The Morgan fingerprint density at radius 1 is 1.38 bits per heavy atom. The summed E-state index contributed by atoms with van der Waals surface area (Å²) in [4.78, 5) is 0. The maximum Gasteiger partial charge on any atom is 0.150 e. The van der Waals surface area contributed by atoms with Crippen molar-refractivity contribution in [2.24, 2.45) is 0 Å². The standard InChI is InChI=1S/C12H14N2O2/c15-11-5-3-4-10-9(11)8-13-14(10)12-6-1-2-7-16-12/h3-5,8,12,15H,1-2,6-7H2. The van der Waals surface area contributed by atoms with Crippen LogP contribution >= 0.6 is 0 Å². The lowest BCUT2D eigenvalue weighted by Gasteiger charge is -2.23. The molecule has 1 N–H and O–H groups in total. The molecule has 4 heteroatoms. The number of fused-ring (bicyclic) bond motifs is 1. The highest BCUT2D eigenvalue weighted by atomic mass is 16.5. The van der Waals surface area contributed by atoms with Crippen LogP contribution < -0.4 is 0 Å². The number of nitrogens with zero attached hydrogens (tertiary/aromatic N) is 2. The van der Waals surface area contributed by atoms with Gasteiger partial charge in [-0.1, -0.05) is 6.07 Å². The van der Waals surface area contributed by atoms with E-state index in [1.165, 1.54) is 6.42 Å². The van der Waals surface area contributed by atoms with E-state index in [4.69, 9.17) is 4.74 Å². The number of ether oxygens (including phenoxy) is 1. The fourth-order valence-corrected chi connectivity index (χ4v) is 2.20. The maximum atomic E-state index is 9.69. The second-order valence-electron chi connectivity index (χ2n) is 4.12. The molecule has 1 atom stereocenters. The van der Waals surface area contributed by atoms with Crippen molar-refractivity contribution >= 4 is 10.9 Å². The zero-order valence-electron chi connectivity index (χ0n) is 8.97. The van der Waals surface area contributed by atoms with Crippen molar-refractivity contribution in [3.8, 4) is 5.75 Å². The molecule has 3 rings (SSSR count). The van der Waals surface area contributed by atoms with Crippen LogP contribution in [0.5, 0.6) is 5.75 Å². The van der Waals surface area contributed by atoms with Crippen molar-refractivity contribution in [2.75, 3.05) is 6.61 Å². The number of benzene rings is 1. The Kier molecular flexibility index (Phi) is 2.29. The van der Waals surface area contributed by atoms with Gasteiger partial charge in [-0.2, -0.15) is 5.10 Å². The molecule has 2 heterocycles. The zero-order chi connectivity index (χ0) is 11.0. The van der Waals surface area contributed by atoms with Gasteiger partial charge in [0.2, 0.25) is 0 Å². The van der Waals surface area contributed by atoms with Gasteiger partial charge in [-0.15, -0.1) is 0 Å². The van der Waals surface area contributed by atoms with Crippen molar-refractivity contribution in [3.05, 3.63) is 24.4 Å². The maximum absolute atomic E-state index is 9.69. The summed E-state index contributed by atoms with van der Waals surface area (Å²) in [6.45, 7) is 0.796. The molecule has 0 saturated carbocycles. The first-order valence-corrected chi connectivity index (χ1v) is 5.63. The molecule has 84 valence electrons. The van der Waals surface area contributed by atoms with Gasteiger partial charge >= 0.3 is 0 Å². The van der Waals surface area contributed by atoms with Crippen LogP contribution in [0, 0.1) is 0 Å². The second kappa shape index (κ2) is 3.79. The molecule has 1 fully saturated rings. The first-order valence-electron chi connectivity index (χ1n) is 5.63. The number of phenolic OH excluding ortho intramolecular Hbond substituents is 1. The number of aromatic nitrogens is 2. The molecule has 1 aliphatic heterocycles. The van der Waals surface area contributed by atoms with Crippen LogP contribution in [-0.2, 0) is 4.74 Å². The summed E-state index contributed by atoms with van der Waals surface area (Å²) in [6.07, 6.45) is 5.01. The third-order valence-electron chi connectivity index (χ3n) is 3.05. The highest BCUT2D eigenvalue weighted by Crippen LogP contribution is 2.29. The SMILES string of the molecule is Oc1cccc2c1cnn2C1CCCCO1. The van der Waals surface area contributed by atoms with Gasteiger partial charge in [-0.25, -0.2) is 4.68 Å². The topological polar surface area (TPSA) is 47.3 Å². The molecule has 1 aromatic carbocycles. The number of phenols is 1. The fourth-order valence-electron chi connectivity index (χ4n) is 2.20. The van der Waals surface area contributed by atoms with Crippen LogP contribution in [-0.4, -0.2) is 21.5 Å². The van der Waals surface area contributed by atoms with Gasteiger partial charge in [-0.05, 0) is 31.4 Å². The smallest absolute Gasteiger partial charge is 0.150 e. The lowest BCUT2D eigenvalue weighted by molar-refractivity contribution is -0.0366. The average molecular weight is 218 g/mol. The quantitative estimate of drug-likeness (QED) is 0.799. The predicted molar refractivity (Wildman–Crippen MR) is 60.2 cm³/mol.